The van der Waals surface area contributed by atoms with E-state index in [0.717, 1.165) is 35.9 Å². The maximum Gasteiger partial charge on any atom is 0.408 e. The third-order valence-corrected chi connectivity index (χ3v) is 5.14. The molecule has 5 rings (SSSR count). The first-order valence-corrected chi connectivity index (χ1v) is 8.89. The molecule has 132 valence electrons. The lowest BCUT2D eigenvalue weighted by atomic mass is 9.44. The molecule has 5 nitrogen and oxygen atoms in total. The Hall–Kier alpha value is -2.01. The Morgan fingerprint density at radius 1 is 1.20 bits per heavy atom. The van der Waals surface area contributed by atoms with Crippen LogP contribution in [0.25, 0.3) is 10.9 Å². The smallest absolute Gasteiger partial charge is 0.408 e. The molecule has 0 radical (unpaired) electrons. The molecule has 1 amide bonds. The maximum absolute atomic E-state index is 12.0. The van der Waals surface area contributed by atoms with Crippen LogP contribution in [0.15, 0.2) is 30.5 Å². The van der Waals surface area contributed by atoms with Crippen molar-refractivity contribution in [3.05, 3.63) is 35.5 Å². The number of nitrogens with one attached hydrogen (secondary N) is 2. The molecule has 2 bridgehead atoms. The zero-order chi connectivity index (χ0) is 17.9. The number of ether oxygens (including phenoxy) is 1. The zero-order valence-corrected chi connectivity index (χ0v) is 15.4. The minimum Gasteiger partial charge on any atom is -0.444 e. The minimum atomic E-state index is -0.471. The van der Waals surface area contributed by atoms with Gasteiger partial charge in [-0.2, -0.15) is 0 Å². The molecule has 3 saturated carbocycles. The predicted octanol–water partition coefficient (Wildman–Crippen LogP) is 4.50. The van der Waals surface area contributed by atoms with E-state index >= 15 is 0 Å². The monoisotopic (exact) mass is 359 g/mol. The number of pyridine rings is 1. The third kappa shape index (κ3) is 3.01. The lowest BCUT2D eigenvalue weighted by Crippen LogP contribution is -2.81. The maximum atomic E-state index is 12.0. The number of benzene rings is 1. The number of hydrogen-bond acceptors (Lipinski definition) is 4. The predicted molar refractivity (Wildman–Crippen MR) is 99.1 cm³/mol. The fraction of sp³-hybridized carbons (Fsp3) is 0.474. The Morgan fingerprint density at radius 2 is 1.92 bits per heavy atom. The molecule has 6 heteroatoms. The van der Waals surface area contributed by atoms with Gasteiger partial charge in [-0.05, 0) is 64.3 Å². The average Bonchev–Trinajstić information content (AvgIpc) is 2.41. The van der Waals surface area contributed by atoms with Gasteiger partial charge >= 0.3 is 6.09 Å². The fourth-order valence-corrected chi connectivity index (χ4v) is 4.26. The van der Waals surface area contributed by atoms with Gasteiger partial charge in [-0.15, -0.1) is 0 Å². The van der Waals surface area contributed by atoms with Gasteiger partial charge in [0.05, 0.1) is 11.1 Å². The summed E-state index contributed by atoms with van der Waals surface area (Å²) in [6, 6.07) is 7.73. The molecule has 2 aromatic rings. The number of rotatable bonds is 3. The summed E-state index contributed by atoms with van der Waals surface area (Å²) in [6.07, 6.45) is 4.20. The van der Waals surface area contributed by atoms with Crippen LogP contribution in [0.3, 0.4) is 0 Å². The molecule has 3 aliphatic rings. The second-order valence-corrected chi connectivity index (χ2v) is 8.80. The SMILES string of the molecule is CC(C)(C)OC(=O)NC12CC(Nc3ccnc4cc(Cl)ccc34)(C1)C2. The first-order valence-electron chi connectivity index (χ1n) is 8.51. The molecule has 1 heterocycles. The summed E-state index contributed by atoms with van der Waals surface area (Å²) in [5.74, 6) is 0. The van der Waals surface area contributed by atoms with Gasteiger partial charge in [0.15, 0.2) is 0 Å². The number of carbonyl (C=O) groups is 1. The van der Waals surface area contributed by atoms with Crippen LogP contribution in [0, 0.1) is 0 Å². The van der Waals surface area contributed by atoms with Crippen molar-refractivity contribution in [1.29, 1.82) is 0 Å². The van der Waals surface area contributed by atoms with E-state index in [1.54, 1.807) is 6.20 Å². The van der Waals surface area contributed by atoms with Crippen molar-refractivity contribution in [3.63, 3.8) is 0 Å². The molecule has 3 fully saturated rings. The Labute approximate surface area is 152 Å². The Kier molecular flexibility index (Phi) is 3.45. The van der Waals surface area contributed by atoms with Crippen LogP contribution in [-0.4, -0.2) is 27.8 Å². The Balaban J connectivity index is 1.42. The van der Waals surface area contributed by atoms with Crippen molar-refractivity contribution in [2.45, 2.75) is 56.7 Å². The Morgan fingerprint density at radius 3 is 2.60 bits per heavy atom. The first-order chi connectivity index (χ1) is 11.7. The van der Waals surface area contributed by atoms with Gasteiger partial charge < -0.3 is 15.4 Å². The zero-order valence-electron chi connectivity index (χ0n) is 14.6. The van der Waals surface area contributed by atoms with E-state index in [-0.39, 0.29) is 17.2 Å². The molecule has 0 unspecified atom stereocenters. The largest absolute Gasteiger partial charge is 0.444 e. The number of nitrogens with zero attached hydrogens (tertiary/aromatic N) is 1. The summed E-state index contributed by atoms with van der Waals surface area (Å²) in [4.78, 5) is 16.4. The summed E-state index contributed by atoms with van der Waals surface area (Å²) in [7, 11) is 0. The molecule has 1 aromatic carbocycles. The number of amides is 1. The lowest BCUT2D eigenvalue weighted by molar-refractivity contribution is -0.0657. The lowest BCUT2D eigenvalue weighted by Gasteiger charge is -2.70. The van der Waals surface area contributed by atoms with Crippen molar-refractivity contribution in [2.75, 3.05) is 5.32 Å². The molecular formula is C19H22ClN3O2. The van der Waals surface area contributed by atoms with Gasteiger partial charge in [-0.3, -0.25) is 4.98 Å². The van der Waals surface area contributed by atoms with Crippen molar-refractivity contribution in [1.82, 2.24) is 10.3 Å². The van der Waals surface area contributed by atoms with Crippen LogP contribution >= 0.6 is 11.6 Å². The fourth-order valence-electron chi connectivity index (χ4n) is 4.09. The summed E-state index contributed by atoms with van der Waals surface area (Å²) < 4.78 is 5.36. The van der Waals surface area contributed by atoms with Gasteiger partial charge in [0.25, 0.3) is 0 Å². The molecule has 3 aliphatic carbocycles. The van der Waals surface area contributed by atoms with Crippen LogP contribution in [0.5, 0.6) is 0 Å². The summed E-state index contributed by atoms with van der Waals surface area (Å²) in [5, 5.41) is 8.44. The van der Waals surface area contributed by atoms with Gasteiger partial charge in [0, 0.05) is 27.8 Å². The van der Waals surface area contributed by atoms with Crippen LogP contribution < -0.4 is 10.6 Å². The van der Waals surface area contributed by atoms with Gasteiger partial charge in [-0.1, -0.05) is 11.6 Å². The molecular weight excluding hydrogens is 338 g/mol. The van der Waals surface area contributed by atoms with E-state index in [1.165, 1.54) is 0 Å². The van der Waals surface area contributed by atoms with Crippen LogP contribution in [-0.2, 0) is 4.74 Å². The van der Waals surface area contributed by atoms with E-state index in [9.17, 15) is 4.79 Å². The van der Waals surface area contributed by atoms with Gasteiger partial charge in [0.1, 0.15) is 5.60 Å². The highest BCUT2D eigenvalue weighted by molar-refractivity contribution is 6.31. The number of aromatic nitrogens is 1. The average molecular weight is 360 g/mol. The van der Waals surface area contributed by atoms with Crippen molar-refractivity contribution < 1.29 is 9.53 Å². The number of alkyl carbamates (subject to hydrolysis) is 1. The Bertz CT molecular complexity index is 840. The third-order valence-electron chi connectivity index (χ3n) is 4.90. The molecule has 2 N–H and O–H groups in total. The van der Waals surface area contributed by atoms with Crippen LogP contribution in [0.1, 0.15) is 40.0 Å². The van der Waals surface area contributed by atoms with E-state index in [1.807, 2.05) is 45.0 Å². The summed E-state index contributed by atoms with van der Waals surface area (Å²) in [6.45, 7) is 5.62. The molecule has 0 aliphatic heterocycles. The number of fused-ring (bicyclic) bond motifs is 1. The number of carbonyl (C=O) groups excluding carboxylic acids is 1. The molecule has 0 atom stereocenters. The van der Waals surface area contributed by atoms with Gasteiger partial charge in [0.2, 0.25) is 0 Å². The summed E-state index contributed by atoms with van der Waals surface area (Å²) >= 11 is 6.05. The normalized spacial score (nSPS) is 27.2. The number of anilines is 1. The molecule has 0 saturated heterocycles. The van der Waals surface area contributed by atoms with Gasteiger partial charge in [-0.25, -0.2) is 4.79 Å². The standard InChI is InChI=1S/C19H22ClN3O2/c1-17(2,3)25-16(24)23-19-9-18(10-19,11-19)22-14-6-7-21-15-8-12(20)4-5-13(14)15/h4-8H,9-11H2,1-3H3,(H,21,22)(H,23,24). The molecule has 25 heavy (non-hydrogen) atoms. The van der Waals surface area contributed by atoms with E-state index in [2.05, 4.69) is 15.6 Å². The highest BCUT2D eigenvalue weighted by atomic mass is 35.5. The minimum absolute atomic E-state index is 0.0585. The summed E-state index contributed by atoms with van der Waals surface area (Å²) in [5.41, 5.74) is 1.42. The van der Waals surface area contributed by atoms with Crippen LogP contribution in [0.2, 0.25) is 5.02 Å². The molecule has 1 aromatic heterocycles. The topological polar surface area (TPSA) is 63.2 Å². The van der Waals surface area contributed by atoms with Crippen molar-refractivity contribution in [2.24, 2.45) is 0 Å². The van der Waals surface area contributed by atoms with Crippen molar-refractivity contribution >= 4 is 34.3 Å². The van der Waals surface area contributed by atoms with Crippen LogP contribution in [0.4, 0.5) is 10.5 Å². The number of hydrogen-bond donors (Lipinski definition) is 2. The first kappa shape index (κ1) is 16.5. The van der Waals surface area contributed by atoms with Crippen molar-refractivity contribution in [3.8, 4) is 0 Å². The second-order valence-electron chi connectivity index (χ2n) is 8.36. The number of halogens is 1. The highest BCUT2D eigenvalue weighted by Crippen LogP contribution is 2.62. The van der Waals surface area contributed by atoms with E-state index in [4.69, 9.17) is 16.3 Å². The second kappa shape index (κ2) is 5.24. The van der Waals surface area contributed by atoms with E-state index < -0.39 is 5.60 Å². The highest BCUT2D eigenvalue weighted by Gasteiger charge is 2.69. The molecule has 0 spiro atoms. The van der Waals surface area contributed by atoms with E-state index in [0.29, 0.717) is 5.02 Å². The quantitative estimate of drug-likeness (QED) is 0.846.